The lowest BCUT2D eigenvalue weighted by Gasteiger charge is -2.22. The third kappa shape index (κ3) is 13.9. The van der Waals surface area contributed by atoms with Gasteiger partial charge in [0.15, 0.2) is 46.8 Å². The van der Waals surface area contributed by atoms with E-state index in [2.05, 4.69) is 32.9 Å². The summed E-state index contributed by atoms with van der Waals surface area (Å²) in [5, 5.41) is 10.6. The topological polar surface area (TPSA) is 312 Å². The van der Waals surface area contributed by atoms with Crippen molar-refractivity contribution in [3.05, 3.63) is 35.9 Å². The molecule has 0 bridgehead atoms. The number of benzene rings is 2. The molecule has 2 aromatic rings. The van der Waals surface area contributed by atoms with E-state index in [1.54, 1.807) is 25.2 Å². The molecule has 0 aromatic heterocycles. The molecule has 264 valence electrons. The Balaban J connectivity index is 2.72. The molecule has 0 aliphatic carbocycles. The van der Waals surface area contributed by atoms with E-state index >= 15 is 0 Å². The Labute approximate surface area is 285 Å². The van der Waals surface area contributed by atoms with Gasteiger partial charge >= 0.3 is 0 Å². The second-order valence-corrected chi connectivity index (χ2v) is 10.4. The molecule has 0 radical (unpaired) electrons. The van der Waals surface area contributed by atoms with Gasteiger partial charge in [0.25, 0.3) is 0 Å². The van der Waals surface area contributed by atoms with Crippen LogP contribution in [0.2, 0.25) is 0 Å². The summed E-state index contributed by atoms with van der Waals surface area (Å²) in [6.45, 7) is 1.47. The highest BCUT2D eigenvalue weighted by molar-refractivity contribution is 7.80. The monoisotopic (exact) mass is 689 g/mol. The number of para-hydroxylation sites is 1. The lowest BCUT2D eigenvalue weighted by molar-refractivity contribution is -0.120. The number of likely N-dealkylation sites (N-methyl/N-ethyl adjacent to an activating group) is 1. The van der Waals surface area contributed by atoms with Crippen LogP contribution in [0, 0.1) is 5.41 Å². The number of rotatable bonds is 21. The van der Waals surface area contributed by atoms with Gasteiger partial charge in [-0.05, 0) is 29.5 Å². The minimum absolute atomic E-state index is 0.0655. The zero-order chi connectivity index (χ0) is 35.5. The maximum absolute atomic E-state index is 12.3. The fourth-order valence-electron chi connectivity index (χ4n) is 3.99. The van der Waals surface area contributed by atoms with Crippen molar-refractivity contribution in [3.63, 3.8) is 0 Å². The molecule has 0 aliphatic heterocycles. The molecule has 0 fully saturated rings. The van der Waals surface area contributed by atoms with Crippen molar-refractivity contribution in [2.45, 2.75) is 13.0 Å². The van der Waals surface area contributed by atoms with Crippen molar-refractivity contribution < 1.29 is 23.7 Å². The van der Waals surface area contributed by atoms with Crippen LogP contribution in [-0.2, 0) is 11.3 Å². The number of nitrogens with zero attached hydrogens (tertiary/aromatic N) is 4. The normalized spacial score (nSPS) is 10.3. The molecule has 0 aliphatic rings. The van der Waals surface area contributed by atoms with Crippen LogP contribution in [0.15, 0.2) is 45.3 Å². The van der Waals surface area contributed by atoms with E-state index in [9.17, 15) is 4.79 Å². The SMILES string of the molecule is CN(CCOc1c(OCCN=C(N)N)cccc1-c1cc(CNC(=O)CCS)cc(OCCN=C(N)N)c1OCCN=C(N)N)C(=N)N. The van der Waals surface area contributed by atoms with Gasteiger partial charge in [-0.1, -0.05) is 12.1 Å². The number of amides is 1. The van der Waals surface area contributed by atoms with Crippen LogP contribution in [0.3, 0.4) is 0 Å². The number of hydrogen-bond donors (Lipinski definition) is 10. The second kappa shape index (κ2) is 20.6. The number of nitrogens with two attached hydrogens (primary N) is 7. The zero-order valence-electron chi connectivity index (χ0n) is 27.0. The third-order valence-corrected chi connectivity index (χ3v) is 6.44. The fourth-order valence-corrected chi connectivity index (χ4v) is 4.19. The molecule has 16 N–H and O–H groups in total. The smallest absolute Gasteiger partial charge is 0.221 e. The Morgan fingerprint density at radius 2 is 1.33 bits per heavy atom. The highest BCUT2D eigenvalue weighted by atomic mass is 32.1. The Bertz CT molecular complexity index is 1440. The Hall–Kier alpha value is -5.46. The van der Waals surface area contributed by atoms with Crippen LogP contribution in [-0.4, -0.2) is 100 Å². The summed E-state index contributed by atoms with van der Waals surface area (Å²) >= 11 is 4.14. The van der Waals surface area contributed by atoms with E-state index in [1.165, 1.54) is 4.90 Å². The molecule has 0 unspecified atom stereocenters. The quantitative estimate of drug-likeness (QED) is 0.0308. The first-order valence-corrected chi connectivity index (χ1v) is 15.5. The maximum Gasteiger partial charge on any atom is 0.221 e. The van der Waals surface area contributed by atoms with Gasteiger partial charge in [-0.2, -0.15) is 12.6 Å². The summed E-state index contributed by atoms with van der Waals surface area (Å²) in [5.41, 5.74) is 40.4. The van der Waals surface area contributed by atoms with Crippen molar-refractivity contribution in [2.75, 3.05) is 65.4 Å². The van der Waals surface area contributed by atoms with Crippen LogP contribution >= 0.6 is 12.6 Å². The van der Waals surface area contributed by atoms with Gasteiger partial charge in [0.1, 0.15) is 26.4 Å². The number of thiol groups is 1. The lowest BCUT2D eigenvalue weighted by atomic mass is 9.99. The number of carbonyl (C=O) groups excluding carboxylic acids is 1. The fraction of sp³-hybridized carbons (Fsp3) is 0.414. The number of nitrogens with one attached hydrogen (secondary N) is 2. The van der Waals surface area contributed by atoms with Crippen LogP contribution in [0.4, 0.5) is 0 Å². The molecule has 0 saturated carbocycles. The van der Waals surface area contributed by atoms with Crippen molar-refractivity contribution in [1.82, 2.24) is 10.2 Å². The number of ether oxygens (including phenoxy) is 4. The molecule has 1 amide bonds. The van der Waals surface area contributed by atoms with Crippen molar-refractivity contribution in [1.29, 1.82) is 5.41 Å². The molecule has 0 spiro atoms. The van der Waals surface area contributed by atoms with Crippen molar-refractivity contribution >= 4 is 42.4 Å². The van der Waals surface area contributed by atoms with Crippen LogP contribution in [0.5, 0.6) is 23.0 Å². The lowest BCUT2D eigenvalue weighted by Crippen LogP contribution is -2.35. The van der Waals surface area contributed by atoms with Crippen molar-refractivity contribution in [2.24, 2.45) is 55.1 Å². The first kappa shape index (κ1) is 38.7. The van der Waals surface area contributed by atoms with Gasteiger partial charge in [-0.15, -0.1) is 0 Å². The van der Waals surface area contributed by atoms with Gasteiger partial charge in [-0.3, -0.25) is 25.2 Å². The minimum atomic E-state index is -0.172. The summed E-state index contributed by atoms with van der Waals surface area (Å²) in [6, 6.07) is 8.91. The molecule has 19 heteroatoms. The highest BCUT2D eigenvalue weighted by Gasteiger charge is 2.22. The maximum atomic E-state index is 12.3. The molecule has 2 rings (SSSR count). The van der Waals surface area contributed by atoms with Gasteiger partial charge < -0.3 is 69.3 Å². The minimum Gasteiger partial charge on any atom is -0.488 e. The highest BCUT2D eigenvalue weighted by Crippen LogP contribution is 2.46. The second-order valence-electron chi connectivity index (χ2n) is 9.97. The molecule has 2 aromatic carbocycles. The number of carbonyl (C=O) groups is 1. The Morgan fingerprint density at radius 1 is 0.792 bits per heavy atom. The molecule has 18 nitrogen and oxygen atoms in total. The van der Waals surface area contributed by atoms with E-state index in [-0.39, 0.29) is 88.8 Å². The van der Waals surface area contributed by atoms with Gasteiger partial charge in [-0.25, -0.2) is 0 Å². The molecule has 48 heavy (non-hydrogen) atoms. The Kier molecular flexibility index (Phi) is 16.6. The van der Waals surface area contributed by atoms with Crippen molar-refractivity contribution in [3.8, 4) is 34.1 Å². The number of guanidine groups is 4. The molecule has 0 heterocycles. The van der Waals surface area contributed by atoms with E-state index in [0.717, 1.165) is 0 Å². The standard InChI is InChI=1S/C29H47N13O5S/c1-42(29(36)37)9-13-47-24-19(3-2-4-21(24)44-10-6-38-26(30)31)20-15-18(17-41-23(43)5-14-48)16-22(45-11-7-39-27(32)33)25(20)46-12-8-40-28(34)35/h2-4,15-16,48H,5-14,17H2,1H3,(H3,36,37)(H,41,43)(H4,30,31,38)(H4,32,33,39)(H4,34,35,40). The molecular formula is C29H47N13O5S. The number of hydrogen-bond acceptors (Lipinski definition) is 10. The Morgan fingerprint density at radius 3 is 1.90 bits per heavy atom. The summed E-state index contributed by atoms with van der Waals surface area (Å²) in [5.74, 6) is 1.29. The largest absolute Gasteiger partial charge is 0.488 e. The predicted octanol–water partition coefficient (Wildman–Crippen LogP) is -1.55. The summed E-state index contributed by atoms with van der Waals surface area (Å²) in [4.78, 5) is 25.8. The van der Waals surface area contributed by atoms with Gasteiger partial charge in [0, 0.05) is 31.1 Å². The van der Waals surface area contributed by atoms with E-state index in [1.807, 2.05) is 12.1 Å². The summed E-state index contributed by atoms with van der Waals surface area (Å²) < 4.78 is 24.7. The van der Waals surface area contributed by atoms with E-state index < -0.39 is 0 Å². The molecule has 0 atom stereocenters. The average molecular weight is 690 g/mol. The van der Waals surface area contributed by atoms with E-state index in [4.69, 9.17) is 64.5 Å². The summed E-state index contributed by atoms with van der Waals surface area (Å²) in [7, 11) is 1.67. The van der Waals surface area contributed by atoms with Crippen LogP contribution in [0.25, 0.3) is 11.1 Å². The first-order chi connectivity index (χ1) is 22.9. The average Bonchev–Trinajstić information content (AvgIpc) is 3.02. The zero-order valence-corrected chi connectivity index (χ0v) is 27.9. The van der Waals surface area contributed by atoms with Gasteiger partial charge in [0.05, 0.1) is 26.2 Å². The molecule has 0 saturated heterocycles. The predicted molar refractivity (Wildman–Crippen MR) is 191 cm³/mol. The van der Waals surface area contributed by atoms with Crippen LogP contribution < -0.4 is 64.4 Å². The van der Waals surface area contributed by atoms with Gasteiger partial charge in [0.2, 0.25) is 5.91 Å². The number of aliphatic imine (C=N–C) groups is 3. The molecular weight excluding hydrogens is 642 g/mol. The van der Waals surface area contributed by atoms with Crippen LogP contribution in [0.1, 0.15) is 12.0 Å². The van der Waals surface area contributed by atoms with E-state index in [0.29, 0.717) is 52.0 Å². The third-order valence-electron chi connectivity index (χ3n) is 6.22. The first-order valence-electron chi connectivity index (χ1n) is 14.8. The summed E-state index contributed by atoms with van der Waals surface area (Å²) in [6.07, 6.45) is 0.246.